The van der Waals surface area contributed by atoms with Crippen LogP contribution in [0.1, 0.15) is 24.0 Å². The molecule has 2 rings (SSSR count). The molecule has 1 aromatic carbocycles. The summed E-state index contributed by atoms with van der Waals surface area (Å²) in [6, 6.07) is 6.29. The zero-order valence-electron chi connectivity index (χ0n) is 13.2. The highest BCUT2D eigenvalue weighted by Crippen LogP contribution is 2.36. The third-order valence-electron chi connectivity index (χ3n) is 3.71. The maximum Gasteiger partial charge on any atom is 0.262 e. The average Bonchev–Trinajstić information content (AvgIpc) is 2.59. The van der Waals surface area contributed by atoms with Gasteiger partial charge in [-0.25, -0.2) is 13.8 Å². The lowest BCUT2D eigenvalue weighted by atomic mass is 9.90. The Balaban J connectivity index is 2.22. The number of rotatable bonds is 7. The van der Waals surface area contributed by atoms with Crippen LogP contribution >= 0.6 is 11.6 Å². The summed E-state index contributed by atoms with van der Waals surface area (Å²) in [5.74, 6) is -2.13. The number of aromatic nitrogens is 1. The molecule has 1 aromatic heterocycles. The smallest absolute Gasteiger partial charge is 0.262 e. The third kappa shape index (κ3) is 4.43. The molecule has 0 saturated carbocycles. The number of aliphatic hydroxyl groups excluding tert-OH is 1. The standard InChI is InChI=1S/C17H17ClF2N2O3/c18-14-9-12(19)5-4-11(14)10-22-16(25)17(20,6-2-8-23)13-3-1-7-21-15(13)24/h1,3-5,7,9,23H,2,6,8,10H2,(H,21,24)(H,22,25)/t17-/m0/s1. The van der Waals surface area contributed by atoms with E-state index < -0.39 is 23.3 Å². The number of hydrogen-bond donors (Lipinski definition) is 3. The van der Waals surface area contributed by atoms with Gasteiger partial charge in [-0.05, 0) is 42.7 Å². The normalized spacial score (nSPS) is 13.3. The minimum absolute atomic E-state index is 0.00948. The lowest BCUT2D eigenvalue weighted by Crippen LogP contribution is -2.41. The summed E-state index contributed by atoms with van der Waals surface area (Å²) in [5, 5.41) is 21.3. The minimum atomic E-state index is -2.58. The Bertz CT molecular complexity index is 760. The van der Waals surface area contributed by atoms with E-state index in [0.717, 1.165) is 6.07 Å². The van der Waals surface area contributed by atoms with Gasteiger partial charge in [0, 0.05) is 24.4 Å². The molecular formula is C17H17ClF2N2O3. The predicted molar refractivity (Wildman–Crippen MR) is 88.3 cm³/mol. The molecule has 0 unspecified atom stereocenters. The maximum atomic E-state index is 15.4. The summed E-state index contributed by atoms with van der Waals surface area (Å²) in [5.41, 5.74) is -2.45. The van der Waals surface area contributed by atoms with Crippen molar-refractivity contribution in [2.45, 2.75) is 25.1 Å². The number of carbonyl (C=O) groups excluding carboxylic acids is 1. The predicted octanol–water partition coefficient (Wildman–Crippen LogP) is 2.83. The average molecular weight is 371 g/mol. The Morgan fingerprint density at radius 3 is 2.76 bits per heavy atom. The van der Waals surface area contributed by atoms with Gasteiger partial charge in [0.15, 0.2) is 0 Å². The minimum Gasteiger partial charge on any atom is -0.493 e. The van der Waals surface area contributed by atoms with Crippen LogP contribution in [0.4, 0.5) is 8.78 Å². The third-order valence-corrected chi connectivity index (χ3v) is 4.06. The first-order valence-electron chi connectivity index (χ1n) is 7.55. The van der Waals surface area contributed by atoms with Crippen LogP contribution in [0.3, 0.4) is 0 Å². The van der Waals surface area contributed by atoms with Crippen LogP contribution < -0.4 is 5.32 Å². The van der Waals surface area contributed by atoms with Crippen molar-refractivity contribution in [2.24, 2.45) is 0 Å². The summed E-state index contributed by atoms with van der Waals surface area (Å²) in [4.78, 5) is 16.0. The molecular weight excluding hydrogens is 354 g/mol. The Morgan fingerprint density at radius 2 is 2.12 bits per heavy atom. The van der Waals surface area contributed by atoms with E-state index in [1.54, 1.807) is 0 Å². The van der Waals surface area contributed by atoms with Gasteiger partial charge in [-0.3, -0.25) is 4.79 Å². The Kier molecular flexibility index (Phi) is 6.27. The molecule has 0 spiro atoms. The summed E-state index contributed by atoms with van der Waals surface area (Å²) in [7, 11) is 0. The van der Waals surface area contributed by atoms with Crippen LogP contribution in [0.2, 0.25) is 5.02 Å². The molecule has 0 aliphatic heterocycles. The number of hydrogen-bond acceptors (Lipinski definition) is 4. The number of benzene rings is 1. The van der Waals surface area contributed by atoms with Crippen molar-refractivity contribution in [1.82, 2.24) is 10.3 Å². The molecule has 134 valence electrons. The highest BCUT2D eigenvalue weighted by Gasteiger charge is 2.42. The fourth-order valence-electron chi connectivity index (χ4n) is 2.38. The molecule has 0 radical (unpaired) electrons. The first kappa shape index (κ1) is 19.1. The summed E-state index contributed by atoms with van der Waals surface area (Å²) in [6.07, 6.45) is 0.933. The van der Waals surface area contributed by atoms with Crippen LogP contribution in [-0.4, -0.2) is 27.7 Å². The van der Waals surface area contributed by atoms with E-state index in [0.29, 0.717) is 5.56 Å². The van der Waals surface area contributed by atoms with Crippen molar-refractivity contribution in [2.75, 3.05) is 6.61 Å². The van der Waals surface area contributed by atoms with Gasteiger partial charge in [0.2, 0.25) is 11.5 Å². The monoisotopic (exact) mass is 370 g/mol. The fraction of sp³-hybridized carbons (Fsp3) is 0.294. The number of aliphatic hydroxyl groups is 1. The first-order chi connectivity index (χ1) is 11.9. The van der Waals surface area contributed by atoms with Gasteiger partial charge >= 0.3 is 0 Å². The molecule has 1 atom stereocenters. The number of alkyl halides is 1. The molecule has 0 fully saturated rings. The maximum absolute atomic E-state index is 15.4. The molecule has 1 amide bonds. The van der Waals surface area contributed by atoms with Crippen LogP contribution in [0, 0.1) is 5.82 Å². The van der Waals surface area contributed by atoms with Gasteiger partial charge < -0.3 is 15.5 Å². The van der Waals surface area contributed by atoms with Crippen molar-refractivity contribution < 1.29 is 23.8 Å². The first-order valence-corrected chi connectivity index (χ1v) is 7.92. The van der Waals surface area contributed by atoms with E-state index in [-0.39, 0.29) is 36.6 Å². The quantitative estimate of drug-likeness (QED) is 0.700. The molecule has 0 aliphatic carbocycles. The van der Waals surface area contributed by atoms with Crippen LogP contribution in [0.15, 0.2) is 36.5 Å². The number of amides is 1. The number of pyridine rings is 1. The fourth-order valence-corrected chi connectivity index (χ4v) is 2.61. The molecule has 5 nitrogen and oxygen atoms in total. The summed E-state index contributed by atoms with van der Waals surface area (Å²) < 4.78 is 28.5. The van der Waals surface area contributed by atoms with E-state index >= 15 is 4.39 Å². The van der Waals surface area contributed by atoms with Gasteiger partial charge in [0.05, 0.1) is 5.56 Å². The lowest BCUT2D eigenvalue weighted by molar-refractivity contribution is -0.134. The number of nitrogens with zero attached hydrogens (tertiary/aromatic N) is 1. The van der Waals surface area contributed by atoms with Crippen molar-refractivity contribution >= 4 is 17.5 Å². The highest BCUT2D eigenvalue weighted by molar-refractivity contribution is 6.31. The van der Waals surface area contributed by atoms with Crippen LogP contribution in [0.25, 0.3) is 0 Å². The molecule has 0 saturated heterocycles. The van der Waals surface area contributed by atoms with Gasteiger partial charge in [-0.2, -0.15) is 0 Å². The van der Waals surface area contributed by atoms with Gasteiger partial charge in [-0.15, -0.1) is 0 Å². The molecule has 8 heteroatoms. The molecule has 1 heterocycles. The molecule has 2 aromatic rings. The van der Waals surface area contributed by atoms with Crippen molar-refractivity contribution in [3.63, 3.8) is 0 Å². The van der Waals surface area contributed by atoms with Gasteiger partial charge in [0.1, 0.15) is 5.82 Å². The van der Waals surface area contributed by atoms with Gasteiger partial charge in [0.25, 0.3) is 5.91 Å². The van der Waals surface area contributed by atoms with Crippen molar-refractivity contribution in [1.29, 1.82) is 0 Å². The second kappa shape index (κ2) is 8.22. The van der Waals surface area contributed by atoms with Gasteiger partial charge in [-0.1, -0.05) is 17.7 Å². The largest absolute Gasteiger partial charge is 0.493 e. The Labute approximate surface area is 148 Å². The van der Waals surface area contributed by atoms with E-state index in [1.165, 1.54) is 30.5 Å². The molecule has 3 N–H and O–H groups in total. The summed E-state index contributed by atoms with van der Waals surface area (Å²) in [6.45, 7) is -0.437. The molecule has 0 bridgehead atoms. The summed E-state index contributed by atoms with van der Waals surface area (Å²) >= 11 is 5.88. The zero-order chi connectivity index (χ0) is 18.4. The lowest BCUT2D eigenvalue weighted by Gasteiger charge is -2.25. The second-order valence-corrected chi connectivity index (χ2v) is 5.83. The van der Waals surface area contributed by atoms with E-state index in [4.69, 9.17) is 16.7 Å². The van der Waals surface area contributed by atoms with Crippen molar-refractivity contribution in [3.05, 3.63) is 58.5 Å². The number of aromatic hydroxyl groups is 1. The van der Waals surface area contributed by atoms with Crippen LogP contribution in [-0.2, 0) is 17.0 Å². The molecule has 0 aliphatic rings. The van der Waals surface area contributed by atoms with E-state index in [2.05, 4.69) is 10.3 Å². The Hall–Kier alpha value is -2.25. The molecule has 25 heavy (non-hydrogen) atoms. The topological polar surface area (TPSA) is 82.5 Å². The number of halogens is 3. The SMILES string of the molecule is O=C(NCc1ccc(F)cc1Cl)[C@](F)(CCCO)c1cccnc1O. The zero-order valence-corrected chi connectivity index (χ0v) is 13.9. The second-order valence-electron chi connectivity index (χ2n) is 5.42. The van der Waals surface area contributed by atoms with E-state index in [9.17, 15) is 14.3 Å². The van der Waals surface area contributed by atoms with Crippen molar-refractivity contribution in [3.8, 4) is 5.88 Å². The van der Waals surface area contributed by atoms with E-state index in [1.807, 2.05) is 0 Å². The number of nitrogens with one attached hydrogen (secondary N) is 1. The van der Waals surface area contributed by atoms with Crippen LogP contribution in [0.5, 0.6) is 5.88 Å². The Morgan fingerprint density at radius 1 is 1.36 bits per heavy atom. The number of carbonyl (C=O) groups is 1. The highest BCUT2D eigenvalue weighted by atomic mass is 35.5.